The number of carbonyl (C=O) groups excluding carboxylic acids is 1. The number of halogens is 1. The summed E-state index contributed by atoms with van der Waals surface area (Å²) in [5.41, 5.74) is 0.998. The third-order valence-corrected chi connectivity index (χ3v) is 4.74. The Hall–Kier alpha value is -2.17. The second-order valence-corrected chi connectivity index (χ2v) is 6.64. The van der Waals surface area contributed by atoms with Gasteiger partial charge in [0.1, 0.15) is 5.82 Å². The van der Waals surface area contributed by atoms with Gasteiger partial charge in [-0.15, -0.1) is 0 Å². The highest BCUT2D eigenvalue weighted by Crippen LogP contribution is 2.22. The highest BCUT2D eigenvalue weighted by atomic mass is 19.1. The number of hydrogen-bond donors (Lipinski definition) is 0. The number of hydrogen-bond acceptors (Lipinski definition) is 2. The molecule has 0 unspecified atom stereocenters. The smallest absolute Gasteiger partial charge is 0.226 e. The molecular formula is C19H24FN3O. The van der Waals surface area contributed by atoms with Crippen molar-refractivity contribution in [3.63, 3.8) is 0 Å². The van der Waals surface area contributed by atoms with Crippen LogP contribution in [0.5, 0.6) is 0 Å². The molecule has 2 aromatic rings. The van der Waals surface area contributed by atoms with E-state index in [0.29, 0.717) is 6.42 Å². The van der Waals surface area contributed by atoms with Crippen molar-refractivity contribution in [2.45, 2.75) is 45.2 Å². The summed E-state index contributed by atoms with van der Waals surface area (Å²) in [7, 11) is 0. The number of carbonyl (C=O) groups is 1. The maximum absolute atomic E-state index is 13.0. The maximum atomic E-state index is 13.0. The summed E-state index contributed by atoms with van der Waals surface area (Å²) in [4.78, 5) is 15.0. The lowest BCUT2D eigenvalue weighted by Crippen LogP contribution is -2.48. The molecular weight excluding hydrogens is 305 g/mol. The van der Waals surface area contributed by atoms with Gasteiger partial charge in [-0.2, -0.15) is 5.10 Å². The number of amides is 1. The largest absolute Gasteiger partial charge is 0.338 e. The highest BCUT2D eigenvalue weighted by Gasteiger charge is 2.29. The second kappa shape index (κ2) is 7.60. The lowest BCUT2D eigenvalue weighted by atomic mass is 9.96. The van der Waals surface area contributed by atoms with Crippen LogP contribution in [0.25, 0.3) is 0 Å². The van der Waals surface area contributed by atoms with Gasteiger partial charge in [0.25, 0.3) is 0 Å². The first kappa shape index (κ1) is 16.7. The van der Waals surface area contributed by atoms with E-state index in [-0.39, 0.29) is 23.7 Å². The number of rotatable bonds is 5. The van der Waals surface area contributed by atoms with Gasteiger partial charge in [-0.25, -0.2) is 4.39 Å². The molecule has 0 spiro atoms. The summed E-state index contributed by atoms with van der Waals surface area (Å²) in [6.45, 7) is 3.53. The van der Waals surface area contributed by atoms with Crippen molar-refractivity contribution in [2.24, 2.45) is 5.92 Å². The van der Waals surface area contributed by atoms with Gasteiger partial charge in [-0.05, 0) is 49.4 Å². The van der Waals surface area contributed by atoms with E-state index in [2.05, 4.69) is 5.10 Å². The summed E-state index contributed by atoms with van der Waals surface area (Å²) in [5, 5.41) is 4.27. The first-order valence-electron chi connectivity index (χ1n) is 8.66. The predicted molar refractivity (Wildman–Crippen MR) is 90.8 cm³/mol. The van der Waals surface area contributed by atoms with Crippen LogP contribution in [0.15, 0.2) is 42.7 Å². The number of aromatic nitrogens is 2. The van der Waals surface area contributed by atoms with E-state index in [1.807, 2.05) is 28.8 Å². The standard InChI is InChI=1S/C19H24FN3O/c1-15(13-16-6-8-17(20)9-7-16)19(24)23-12-3-2-5-18(23)14-22-11-4-10-21-22/h4,6-11,15,18H,2-3,5,12-14H2,1H3/t15-,18+/m1/s1. The molecule has 0 radical (unpaired) electrons. The Bertz CT molecular complexity index is 654. The topological polar surface area (TPSA) is 38.1 Å². The molecule has 24 heavy (non-hydrogen) atoms. The van der Waals surface area contributed by atoms with Gasteiger partial charge in [0, 0.05) is 24.9 Å². The van der Waals surface area contributed by atoms with Crippen LogP contribution in [-0.4, -0.2) is 33.2 Å². The van der Waals surface area contributed by atoms with Crippen molar-refractivity contribution >= 4 is 5.91 Å². The highest BCUT2D eigenvalue weighted by molar-refractivity contribution is 5.79. The second-order valence-electron chi connectivity index (χ2n) is 6.64. The molecule has 2 atom stereocenters. The van der Waals surface area contributed by atoms with Gasteiger partial charge >= 0.3 is 0 Å². The molecule has 1 fully saturated rings. The zero-order chi connectivity index (χ0) is 16.9. The minimum Gasteiger partial charge on any atom is -0.338 e. The van der Waals surface area contributed by atoms with Crippen LogP contribution in [0.2, 0.25) is 0 Å². The molecule has 0 bridgehead atoms. The normalized spacial score (nSPS) is 19.2. The Morgan fingerprint density at radius 1 is 1.33 bits per heavy atom. The van der Waals surface area contributed by atoms with E-state index in [0.717, 1.165) is 37.9 Å². The SMILES string of the molecule is C[C@H](Cc1ccc(F)cc1)C(=O)N1CCCC[C@H]1Cn1cccn1. The Kier molecular flexibility index (Phi) is 5.28. The first-order valence-corrected chi connectivity index (χ1v) is 8.66. The lowest BCUT2D eigenvalue weighted by Gasteiger charge is -2.37. The quantitative estimate of drug-likeness (QED) is 0.844. The lowest BCUT2D eigenvalue weighted by molar-refractivity contribution is -0.139. The fourth-order valence-corrected chi connectivity index (χ4v) is 3.45. The summed E-state index contributed by atoms with van der Waals surface area (Å²) in [6.07, 6.45) is 7.59. The Balaban J connectivity index is 1.65. The van der Waals surface area contributed by atoms with E-state index in [1.165, 1.54) is 12.1 Å². The van der Waals surface area contributed by atoms with E-state index in [1.54, 1.807) is 18.3 Å². The Labute approximate surface area is 142 Å². The van der Waals surface area contributed by atoms with Crippen molar-refractivity contribution in [1.29, 1.82) is 0 Å². The number of likely N-dealkylation sites (tertiary alicyclic amines) is 1. The molecule has 3 rings (SSSR count). The average molecular weight is 329 g/mol. The van der Waals surface area contributed by atoms with Crippen LogP contribution in [0.3, 0.4) is 0 Å². The minimum atomic E-state index is -0.243. The van der Waals surface area contributed by atoms with E-state index < -0.39 is 0 Å². The number of benzene rings is 1. The number of nitrogens with zero attached hydrogens (tertiary/aromatic N) is 3. The van der Waals surface area contributed by atoms with Crippen molar-refractivity contribution < 1.29 is 9.18 Å². The average Bonchev–Trinajstić information content (AvgIpc) is 3.10. The fourth-order valence-electron chi connectivity index (χ4n) is 3.45. The van der Waals surface area contributed by atoms with Crippen LogP contribution >= 0.6 is 0 Å². The van der Waals surface area contributed by atoms with E-state index in [4.69, 9.17) is 0 Å². The van der Waals surface area contributed by atoms with E-state index >= 15 is 0 Å². The zero-order valence-corrected chi connectivity index (χ0v) is 14.1. The monoisotopic (exact) mass is 329 g/mol. The predicted octanol–water partition coefficient (Wildman–Crippen LogP) is 3.28. The Morgan fingerprint density at radius 2 is 2.12 bits per heavy atom. The summed E-state index contributed by atoms with van der Waals surface area (Å²) in [5.74, 6) is -0.155. The van der Waals surface area contributed by atoms with Crippen LogP contribution < -0.4 is 0 Å². The molecule has 0 saturated carbocycles. The summed E-state index contributed by atoms with van der Waals surface area (Å²) >= 11 is 0. The third kappa shape index (κ3) is 4.02. The molecule has 0 aliphatic carbocycles. The fraction of sp³-hybridized carbons (Fsp3) is 0.474. The van der Waals surface area contributed by atoms with Crippen LogP contribution in [0.4, 0.5) is 4.39 Å². The van der Waals surface area contributed by atoms with Crippen molar-refractivity contribution in [3.8, 4) is 0 Å². The van der Waals surface area contributed by atoms with Gasteiger partial charge < -0.3 is 4.90 Å². The molecule has 5 heteroatoms. The van der Waals surface area contributed by atoms with Crippen molar-refractivity contribution in [2.75, 3.05) is 6.54 Å². The molecule has 2 heterocycles. The molecule has 1 saturated heterocycles. The molecule has 1 aromatic heterocycles. The molecule has 128 valence electrons. The van der Waals surface area contributed by atoms with Crippen LogP contribution in [0, 0.1) is 11.7 Å². The maximum Gasteiger partial charge on any atom is 0.226 e. The molecule has 1 aromatic carbocycles. The van der Waals surface area contributed by atoms with Gasteiger partial charge in [0.2, 0.25) is 5.91 Å². The summed E-state index contributed by atoms with van der Waals surface area (Å²) in [6, 6.07) is 8.54. The molecule has 0 N–H and O–H groups in total. The molecule has 1 aliphatic rings. The number of piperidine rings is 1. The Morgan fingerprint density at radius 3 is 2.83 bits per heavy atom. The van der Waals surface area contributed by atoms with Crippen LogP contribution in [0.1, 0.15) is 31.7 Å². The molecule has 1 aliphatic heterocycles. The van der Waals surface area contributed by atoms with Crippen molar-refractivity contribution in [1.82, 2.24) is 14.7 Å². The molecule has 1 amide bonds. The zero-order valence-electron chi connectivity index (χ0n) is 14.1. The van der Waals surface area contributed by atoms with Gasteiger partial charge in [0.05, 0.1) is 12.6 Å². The summed E-state index contributed by atoms with van der Waals surface area (Å²) < 4.78 is 14.9. The van der Waals surface area contributed by atoms with Gasteiger partial charge in [-0.1, -0.05) is 19.1 Å². The first-order chi connectivity index (χ1) is 11.6. The van der Waals surface area contributed by atoms with Gasteiger partial charge in [0.15, 0.2) is 0 Å². The third-order valence-electron chi connectivity index (χ3n) is 4.74. The molecule has 4 nitrogen and oxygen atoms in total. The van der Waals surface area contributed by atoms with Crippen molar-refractivity contribution in [3.05, 3.63) is 54.1 Å². The minimum absolute atomic E-state index is 0.103. The van der Waals surface area contributed by atoms with E-state index in [9.17, 15) is 9.18 Å². The van der Waals surface area contributed by atoms with Crippen LogP contribution in [-0.2, 0) is 17.8 Å². The van der Waals surface area contributed by atoms with Gasteiger partial charge in [-0.3, -0.25) is 9.48 Å².